The Morgan fingerprint density at radius 3 is 2.55 bits per heavy atom. The molecule has 1 aromatic carbocycles. The molecule has 0 fully saturated rings. The smallest absolute Gasteiger partial charge is 0.340 e. The standard InChI is InChI=1S/C14H22N4O2/c1-5-20-14(19)12-8-6-7-9-13(12)15-16-18(4)11-10-17(2)3/h6-9H,5,10-11H2,1-4H3. The molecule has 1 rings (SSSR count). The van der Waals surface area contributed by atoms with E-state index in [0.717, 1.165) is 13.1 Å². The van der Waals surface area contributed by atoms with Gasteiger partial charge in [-0.3, -0.25) is 5.01 Å². The highest BCUT2D eigenvalue weighted by molar-refractivity contribution is 5.94. The summed E-state index contributed by atoms with van der Waals surface area (Å²) >= 11 is 0. The topological polar surface area (TPSA) is 57.5 Å². The lowest BCUT2D eigenvalue weighted by molar-refractivity contribution is 0.0527. The summed E-state index contributed by atoms with van der Waals surface area (Å²) < 4.78 is 4.99. The molecule has 0 radical (unpaired) electrons. The van der Waals surface area contributed by atoms with E-state index in [1.807, 2.05) is 27.2 Å². The minimum absolute atomic E-state index is 0.340. The fourth-order valence-corrected chi connectivity index (χ4v) is 1.46. The van der Waals surface area contributed by atoms with Crippen LogP contribution < -0.4 is 0 Å². The Bertz CT molecular complexity index is 460. The zero-order valence-electron chi connectivity index (χ0n) is 12.5. The number of esters is 1. The van der Waals surface area contributed by atoms with Crippen LogP contribution in [0.2, 0.25) is 0 Å². The number of likely N-dealkylation sites (N-methyl/N-ethyl adjacent to an activating group) is 2. The molecule has 0 atom stereocenters. The highest BCUT2D eigenvalue weighted by Gasteiger charge is 2.11. The maximum atomic E-state index is 11.8. The number of benzene rings is 1. The van der Waals surface area contributed by atoms with Crippen LogP contribution in [0.4, 0.5) is 5.69 Å². The molecule has 0 saturated heterocycles. The largest absolute Gasteiger partial charge is 0.462 e. The molecular weight excluding hydrogens is 256 g/mol. The number of nitrogens with zero attached hydrogens (tertiary/aromatic N) is 4. The molecule has 6 heteroatoms. The summed E-state index contributed by atoms with van der Waals surface area (Å²) in [6.07, 6.45) is 0. The first-order valence-corrected chi connectivity index (χ1v) is 6.58. The maximum absolute atomic E-state index is 11.8. The minimum Gasteiger partial charge on any atom is -0.462 e. The maximum Gasteiger partial charge on any atom is 0.340 e. The van der Waals surface area contributed by atoms with Crippen LogP contribution >= 0.6 is 0 Å². The van der Waals surface area contributed by atoms with E-state index in [9.17, 15) is 4.79 Å². The summed E-state index contributed by atoms with van der Waals surface area (Å²) in [7, 11) is 5.85. The molecule has 0 aliphatic carbocycles. The lowest BCUT2D eigenvalue weighted by Gasteiger charge is -2.15. The third kappa shape index (κ3) is 5.36. The van der Waals surface area contributed by atoms with E-state index in [0.29, 0.717) is 17.9 Å². The second-order valence-electron chi connectivity index (χ2n) is 4.61. The van der Waals surface area contributed by atoms with Crippen LogP contribution in [-0.4, -0.2) is 56.7 Å². The van der Waals surface area contributed by atoms with Crippen molar-refractivity contribution in [2.75, 3.05) is 40.8 Å². The molecule has 0 heterocycles. The van der Waals surface area contributed by atoms with Crippen molar-refractivity contribution in [1.29, 1.82) is 0 Å². The molecule has 0 N–H and O–H groups in total. The van der Waals surface area contributed by atoms with Crippen molar-refractivity contribution in [3.05, 3.63) is 29.8 Å². The van der Waals surface area contributed by atoms with E-state index in [-0.39, 0.29) is 5.97 Å². The minimum atomic E-state index is -0.377. The average molecular weight is 278 g/mol. The Morgan fingerprint density at radius 2 is 1.90 bits per heavy atom. The summed E-state index contributed by atoms with van der Waals surface area (Å²) in [5.41, 5.74) is 0.946. The fourth-order valence-electron chi connectivity index (χ4n) is 1.46. The Labute approximate surface area is 120 Å². The first-order chi connectivity index (χ1) is 9.54. The number of hydrogen-bond acceptors (Lipinski definition) is 5. The van der Waals surface area contributed by atoms with Gasteiger partial charge >= 0.3 is 5.97 Å². The van der Waals surface area contributed by atoms with Crippen LogP contribution in [0.25, 0.3) is 0 Å². The molecule has 0 amide bonds. The van der Waals surface area contributed by atoms with Crippen LogP contribution in [0.1, 0.15) is 17.3 Å². The molecule has 0 bridgehead atoms. The monoisotopic (exact) mass is 278 g/mol. The third-order valence-electron chi connectivity index (χ3n) is 2.58. The second-order valence-corrected chi connectivity index (χ2v) is 4.61. The summed E-state index contributed by atoms with van der Waals surface area (Å²) in [4.78, 5) is 13.8. The predicted octanol–water partition coefficient (Wildman–Crippen LogP) is 2.36. The zero-order valence-corrected chi connectivity index (χ0v) is 12.5. The van der Waals surface area contributed by atoms with Crippen molar-refractivity contribution in [3.8, 4) is 0 Å². The molecular formula is C14H22N4O2. The van der Waals surface area contributed by atoms with Gasteiger partial charge in [0, 0.05) is 13.6 Å². The molecule has 0 aliphatic rings. The highest BCUT2D eigenvalue weighted by Crippen LogP contribution is 2.20. The number of carbonyl (C=O) groups excluding carboxylic acids is 1. The van der Waals surface area contributed by atoms with Gasteiger partial charge in [-0.1, -0.05) is 17.4 Å². The predicted molar refractivity (Wildman–Crippen MR) is 78.1 cm³/mol. The zero-order chi connectivity index (χ0) is 15.0. The van der Waals surface area contributed by atoms with Crippen LogP contribution in [0.5, 0.6) is 0 Å². The summed E-state index contributed by atoms with van der Waals surface area (Å²) in [6, 6.07) is 7.03. The van der Waals surface area contributed by atoms with Crippen molar-refractivity contribution in [2.45, 2.75) is 6.92 Å². The number of hydrogen-bond donors (Lipinski definition) is 0. The number of ether oxygens (including phenoxy) is 1. The molecule has 0 aliphatic heterocycles. The van der Waals surface area contributed by atoms with Gasteiger partial charge < -0.3 is 9.64 Å². The second kappa shape index (κ2) is 8.27. The first kappa shape index (κ1) is 16.1. The molecule has 1 aromatic rings. The van der Waals surface area contributed by atoms with Gasteiger partial charge in [-0.05, 0) is 33.2 Å². The van der Waals surface area contributed by atoms with Gasteiger partial charge in [0.05, 0.1) is 18.7 Å². The summed E-state index contributed by atoms with van der Waals surface area (Å²) in [6.45, 7) is 3.76. The van der Waals surface area contributed by atoms with Crippen LogP contribution in [0.3, 0.4) is 0 Å². The fraction of sp³-hybridized carbons (Fsp3) is 0.500. The molecule has 110 valence electrons. The van der Waals surface area contributed by atoms with E-state index in [1.54, 1.807) is 30.1 Å². The number of carbonyl (C=O) groups is 1. The van der Waals surface area contributed by atoms with Crippen molar-refractivity contribution in [3.63, 3.8) is 0 Å². The quantitative estimate of drug-likeness (QED) is 0.436. The Balaban J connectivity index is 2.74. The first-order valence-electron chi connectivity index (χ1n) is 6.58. The molecule has 0 aromatic heterocycles. The Morgan fingerprint density at radius 1 is 1.20 bits per heavy atom. The van der Waals surface area contributed by atoms with Crippen LogP contribution in [-0.2, 0) is 4.74 Å². The van der Waals surface area contributed by atoms with Gasteiger partial charge in [0.25, 0.3) is 0 Å². The van der Waals surface area contributed by atoms with Gasteiger partial charge in [-0.15, -0.1) is 5.11 Å². The summed E-state index contributed by atoms with van der Waals surface area (Å²) in [5, 5.41) is 9.95. The summed E-state index contributed by atoms with van der Waals surface area (Å²) in [5.74, 6) is -0.377. The normalized spacial score (nSPS) is 11.1. The molecule has 0 saturated carbocycles. The Hall–Kier alpha value is -1.95. The van der Waals surface area contributed by atoms with Crippen LogP contribution in [0.15, 0.2) is 34.6 Å². The van der Waals surface area contributed by atoms with Gasteiger partial charge in [-0.2, -0.15) is 0 Å². The van der Waals surface area contributed by atoms with E-state index >= 15 is 0 Å². The van der Waals surface area contributed by atoms with E-state index in [1.165, 1.54) is 0 Å². The van der Waals surface area contributed by atoms with Crippen molar-refractivity contribution in [2.24, 2.45) is 10.3 Å². The molecule has 20 heavy (non-hydrogen) atoms. The average Bonchev–Trinajstić information content (AvgIpc) is 2.43. The van der Waals surface area contributed by atoms with Gasteiger partial charge in [-0.25, -0.2) is 4.79 Å². The van der Waals surface area contributed by atoms with Gasteiger partial charge in [0.15, 0.2) is 0 Å². The SMILES string of the molecule is CCOC(=O)c1ccccc1N=NN(C)CCN(C)C. The van der Waals surface area contributed by atoms with Gasteiger partial charge in [0.1, 0.15) is 5.69 Å². The molecule has 0 spiro atoms. The third-order valence-corrected chi connectivity index (χ3v) is 2.58. The van der Waals surface area contributed by atoms with Crippen molar-refractivity contribution < 1.29 is 9.53 Å². The van der Waals surface area contributed by atoms with E-state index in [4.69, 9.17) is 4.74 Å². The highest BCUT2D eigenvalue weighted by atomic mass is 16.5. The Kier molecular flexibility index (Phi) is 6.66. The van der Waals surface area contributed by atoms with E-state index < -0.39 is 0 Å². The lowest BCUT2D eigenvalue weighted by Crippen LogP contribution is -2.24. The van der Waals surface area contributed by atoms with Crippen molar-refractivity contribution in [1.82, 2.24) is 9.91 Å². The van der Waals surface area contributed by atoms with E-state index in [2.05, 4.69) is 15.2 Å². The van der Waals surface area contributed by atoms with Crippen molar-refractivity contribution >= 4 is 11.7 Å². The molecule has 6 nitrogen and oxygen atoms in total. The lowest BCUT2D eigenvalue weighted by atomic mass is 10.2. The van der Waals surface area contributed by atoms with Crippen LogP contribution in [0, 0.1) is 0 Å². The number of rotatable bonds is 7. The van der Waals surface area contributed by atoms with Gasteiger partial charge in [0.2, 0.25) is 0 Å². The molecule has 0 unspecified atom stereocenters.